The number of nitro groups is 1. The number of carbonyl (C=O) groups is 1. The number of fused-ring (bicyclic) bond motifs is 1. The Morgan fingerprint density at radius 1 is 1.17 bits per heavy atom. The predicted octanol–water partition coefficient (Wildman–Crippen LogP) is 4.30. The summed E-state index contributed by atoms with van der Waals surface area (Å²) in [4.78, 5) is 27.1. The zero-order valence-corrected chi connectivity index (χ0v) is 15.8. The molecule has 0 fully saturated rings. The number of carboxylic acids is 1. The molecule has 150 valence electrons. The average molecular weight is 404 g/mol. The molecule has 0 spiro atoms. The Morgan fingerprint density at radius 3 is 2.60 bits per heavy atom. The SMILES string of the molecule is CCOc1ccc(-c2cc(C(=O)O)c3c(-c4cccc([N+](=O)[O-])c4)[nH]nc3n2)cc1. The molecule has 2 N–H and O–H groups in total. The predicted molar refractivity (Wildman–Crippen MR) is 110 cm³/mol. The molecule has 2 aromatic carbocycles. The number of H-pyrrole nitrogens is 1. The number of aromatic amines is 1. The lowest BCUT2D eigenvalue weighted by atomic mass is 10.0. The second-order valence-electron chi connectivity index (χ2n) is 6.42. The van der Waals surface area contributed by atoms with Gasteiger partial charge in [-0.2, -0.15) is 5.10 Å². The maximum atomic E-state index is 12.0. The summed E-state index contributed by atoms with van der Waals surface area (Å²) in [5.41, 5.74) is 2.06. The number of pyridine rings is 1. The normalized spacial score (nSPS) is 10.8. The second kappa shape index (κ2) is 7.63. The van der Waals surface area contributed by atoms with Gasteiger partial charge in [0.1, 0.15) is 5.75 Å². The summed E-state index contributed by atoms with van der Waals surface area (Å²) in [6.45, 7) is 2.43. The fraction of sp³-hybridized carbons (Fsp3) is 0.0952. The Kier molecular flexibility index (Phi) is 4.85. The van der Waals surface area contributed by atoms with Crippen LogP contribution in [0.25, 0.3) is 33.5 Å². The topological polar surface area (TPSA) is 131 Å². The van der Waals surface area contributed by atoms with Crippen molar-refractivity contribution in [3.63, 3.8) is 0 Å². The van der Waals surface area contributed by atoms with Crippen molar-refractivity contribution in [1.29, 1.82) is 0 Å². The van der Waals surface area contributed by atoms with Crippen LogP contribution in [-0.2, 0) is 0 Å². The van der Waals surface area contributed by atoms with E-state index in [4.69, 9.17) is 4.74 Å². The van der Waals surface area contributed by atoms with Crippen LogP contribution in [0.2, 0.25) is 0 Å². The van der Waals surface area contributed by atoms with Gasteiger partial charge in [0.2, 0.25) is 0 Å². The Labute approximate surface area is 170 Å². The van der Waals surface area contributed by atoms with Gasteiger partial charge in [-0.3, -0.25) is 15.2 Å². The summed E-state index contributed by atoms with van der Waals surface area (Å²) in [7, 11) is 0. The molecule has 4 rings (SSSR count). The van der Waals surface area contributed by atoms with Crippen molar-refractivity contribution in [2.24, 2.45) is 0 Å². The summed E-state index contributed by atoms with van der Waals surface area (Å²) in [6.07, 6.45) is 0. The molecule has 30 heavy (non-hydrogen) atoms. The van der Waals surface area contributed by atoms with E-state index in [1.165, 1.54) is 24.3 Å². The molecule has 0 atom stereocenters. The number of hydrogen-bond acceptors (Lipinski definition) is 6. The number of nitro benzene ring substituents is 1. The van der Waals surface area contributed by atoms with E-state index in [2.05, 4.69) is 15.2 Å². The van der Waals surface area contributed by atoms with Gasteiger partial charge in [-0.15, -0.1) is 0 Å². The van der Waals surface area contributed by atoms with Crippen LogP contribution in [0.4, 0.5) is 5.69 Å². The van der Waals surface area contributed by atoms with Gasteiger partial charge in [0, 0.05) is 23.3 Å². The van der Waals surface area contributed by atoms with E-state index >= 15 is 0 Å². The number of non-ortho nitro benzene ring substituents is 1. The fourth-order valence-corrected chi connectivity index (χ4v) is 3.21. The third-order valence-corrected chi connectivity index (χ3v) is 4.56. The van der Waals surface area contributed by atoms with Crippen molar-refractivity contribution in [3.8, 4) is 28.3 Å². The molecule has 0 aliphatic heterocycles. The highest BCUT2D eigenvalue weighted by molar-refractivity contribution is 6.08. The third-order valence-electron chi connectivity index (χ3n) is 4.56. The Balaban J connectivity index is 1.86. The third kappa shape index (κ3) is 3.44. The molecule has 4 aromatic rings. The van der Waals surface area contributed by atoms with Crippen molar-refractivity contribution in [2.45, 2.75) is 6.92 Å². The lowest BCUT2D eigenvalue weighted by Crippen LogP contribution is -2.00. The van der Waals surface area contributed by atoms with Crippen molar-refractivity contribution < 1.29 is 19.6 Å². The number of benzene rings is 2. The highest BCUT2D eigenvalue weighted by Gasteiger charge is 2.20. The zero-order valence-electron chi connectivity index (χ0n) is 15.8. The van der Waals surface area contributed by atoms with Gasteiger partial charge in [-0.25, -0.2) is 9.78 Å². The Morgan fingerprint density at radius 2 is 1.93 bits per heavy atom. The molecule has 0 unspecified atom stereocenters. The van der Waals surface area contributed by atoms with Crippen molar-refractivity contribution in [1.82, 2.24) is 15.2 Å². The second-order valence-corrected chi connectivity index (χ2v) is 6.42. The number of nitrogens with one attached hydrogen (secondary N) is 1. The zero-order chi connectivity index (χ0) is 21.3. The minimum absolute atomic E-state index is 0.000796. The van der Waals surface area contributed by atoms with Crippen LogP contribution >= 0.6 is 0 Å². The molecule has 0 amide bonds. The first-order chi connectivity index (χ1) is 14.5. The van der Waals surface area contributed by atoms with Crippen molar-refractivity contribution in [2.75, 3.05) is 6.61 Å². The highest BCUT2D eigenvalue weighted by atomic mass is 16.6. The van der Waals surface area contributed by atoms with E-state index in [0.29, 0.717) is 34.9 Å². The maximum Gasteiger partial charge on any atom is 0.336 e. The summed E-state index contributed by atoms with van der Waals surface area (Å²) < 4.78 is 5.43. The quantitative estimate of drug-likeness (QED) is 0.362. The summed E-state index contributed by atoms with van der Waals surface area (Å²) in [6, 6.07) is 14.5. The molecule has 0 bridgehead atoms. The van der Waals surface area contributed by atoms with E-state index in [0.717, 1.165) is 0 Å². The first-order valence-electron chi connectivity index (χ1n) is 9.08. The molecule has 9 nitrogen and oxygen atoms in total. The monoisotopic (exact) mass is 404 g/mol. The van der Waals surface area contributed by atoms with Crippen LogP contribution in [0.5, 0.6) is 5.75 Å². The van der Waals surface area contributed by atoms with Gasteiger partial charge < -0.3 is 9.84 Å². The molecule has 0 radical (unpaired) electrons. The molecule has 2 heterocycles. The molecular formula is C21H16N4O5. The standard InChI is InChI=1S/C21H16N4O5/c1-2-30-15-8-6-12(7-9-15)17-11-16(21(26)27)18-19(23-24-20(18)22-17)13-4-3-5-14(10-13)25(28)29/h3-11H,2H2,1H3,(H,26,27)(H,22,23,24). The summed E-state index contributed by atoms with van der Waals surface area (Å²) >= 11 is 0. The lowest BCUT2D eigenvalue weighted by Gasteiger charge is -2.07. The average Bonchev–Trinajstić information content (AvgIpc) is 3.18. The van der Waals surface area contributed by atoms with Crippen molar-refractivity contribution in [3.05, 3.63) is 70.3 Å². The molecule has 0 aliphatic rings. The Hall–Kier alpha value is -4.27. The molecule has 0 saturated carbocycles. The molecule has 2 aromatic heterocycles. The largest absolute Gasteiger partial charge is 0.494 e. The van der Waals surface area contributed by atoms with E-state index in [-0.39, 0.29) is 22.3 Å². The van der Waals surface area contributed by atoms with Crippen LogP contribution in [0.1, 0.15) is 17.3 Å². The molecular weight excluding hydrogens is 388 g/mol. The molecule has 9 heteroatoms. The number of hydrogen-bond donors (Lipinski definition) is 2. The van der Waals surface area contributed by atoms with Crippen LogP contribution < -0.4 is 4.74 Å². The minimum atomic E-state index is -1.15. The van der Waals surface area contributed by atoms with Gasteiger partial charge in [0.15, 0.2) is 5.65 Å². The number of nitrogens with zero attached hydrogens (tertiary/aromatic N) is 3. The van der Waals surface area contributed by atoms with Crippen LogP contribution in [0.15, 0.2) is 54.6 Å². The summed E-state index contributed by atoms with van der Waals surface area (Å²) in [5, 5.41) is 28.1. The Bertz CT molecular complexity index is 1260. The van der Waals surface area contributed by atoms with Gasteiger partial charge in [0.25, 0.3) is 5.69 Å². The van der Waals surface area contributed by atoms with Gasteiger partial charge >= 0.3 is 5.97 Å². The van der Waals surface area contributed by atoms with Crippen LogP contribution in [-0.4, -0.2) is 37.8 Å². The van der Waals surface area contributed by atoms with Crippen molar-refractivity contribution >= 4 is 22.7 Å². The number of rotatable bonds is 6. The molecule has 0 saturated heterocycles. The first-order valence-corrected chi connectivity index (χ1v) is 9.08. The maximum absolute atomic E-state index is 12.0. The van der Waals surface area contributed by atoms with E-state index in [9.17, 15) is 20.0 Å². The van der Waals surface area contributed by atoms with Gasteiger partial charge in [-0.1, -0.05) is 12.1 Å². The van der Waals surface area contributed by atoms with E-state index < -0.39 is 10.9 Å². The van der Waals surface area contributed by atoms with Crippen LogP contribution in [0, 0.1) is 10.1 Å². The minimum Gasteiger partial charge on any atom is -0.494 e. The molecule has 0 aliphatic carbocycles. The van der Waals surface area contributed by atoms with Gasteiger partial charge in [-0.05, 0) is 37.3 Å². The number of aromatic nitrogens is 3. The number of carboxylic acid groups (broad SMARTS) is 1. The fourth-order valence-electron chi connectivity index (χ4n) is 3.21. The van der Waals surface area contributed by atoms with Crippen LogP contribution in [0.3, 0.4) is 0 Å². The smallest absolute Gasteiger partial charge is 0.336 e. The van der Waals surface area contributed by atoms with Gasteiger partial charge in [0.05, 0.1) is 33.9 Å². The number of aromatic carboxylic acids is 1. The summed E-state index contributed by atoms with van der Waals surface area (Å²) in [5.74, 6) is -0.448. The number of ether oxygens (including phenoxy) is 1. The van der Waals surface area contributed by atoms with E-state index in [1.54, 1.807) is 30.3 Å². The lowest BCUT2D eigenvalue weighted by molar-refractivity contribution is -0.384. The van der Waals surface area contributed by atoms with E-state index in [1.807, 2.05) is 6.92 Å². The highest BCUT2D eigenvalue weighted by Crippen LogP contribution is 2.33. The first kappa shape index (κ1) is 19.1.